The van der Waals surface area contributed by atoms with Crippen LogP contribution in [0.1, 0.15) is 35.2 Å². The highest BCUT2D eigenvalue weighted by molar-refractivity contribution is 6.06. The molecule has 37 heavy (non-hydrogen) atoms. The molecule has 0 radical (unpaired) electrons. The van der Waals surface area contributed by atoms with Gasteiger partial charge in [0.25, 0.3) is 5.91 Å². The van der Waals surface area contributed by atoms with E-state index in [1.807, 2.05) is 47.3 Å². The molecule has 1 aliphatic rings. The van der Waals surface area contributed by atoms with Gasteiger partial charge in [-0.05, 0) is 80.0 Å². The lowest BCUT2D eigenvalue weighted by Gasteiger charge is -2.26. The molecular weight excluding hydrogens is 467 g/mol. The first-order valence-corrected chi connectivity index (χ1v) is 12.8. The zero-order valence-corrected chi connectivity index (χ0v) is 20.8. The summed E-state index contributed by atoms with van der Waals surface area (Å²) in [6.07, 6.45) is 5.70. The molecule has 0 aliphatic carbocycles. The van der Waals surface area contributed by atoms with Crippen LogP contribution in [-0.2, 0) is 6.54 Å². The fraction of sp³-hybridized carbons (Fsp3) is 0.267. The van der Waals surface area contributed by atoms with Gasteiger partial charge in [0, 0.05) is 23.9 Å². The molecule has 1 aliphatic heterocycles. The lowest BCUT2D eigenvalue weighted by Crippen LogP contribution is -2.33. The van der Waals surface area contributed by atoms with Crippen LogP contribution in [0.25, 0.3) is 11.3 Å². The molecule has 5 rings (SSSR count). The highest BCUT2D eigenvalue weighted by Crippen LogP contribution is 2.28. The number of piperidine rings is 1. The topological polar surface area (TPSA) is 59.4 Å². The number of halogens is 1. The average Bonchev–Trinajstić information content (AvgIpc) is 3.38. The van der Waals surface area contributed by atoms with E-state index in [2.05, 4.69) is 15.3 Å². The van der Waals surface area contributed by atoms with Crippen molar-refractivity contribution in [2.75, 3.05) is 31.6 Å². The number of hydrogen-bond acceptors (Lipinski definition) is 4. The maximum Gasteiger partial charge on any atom is 0.255 e. The minimum Gasteiger partial charge on any atom is -0.492 e. The van der Waals surface area contributed by atoms with Gasteiger partial charge in [0.1, 0.15) is 18.2 Å². The number of aromatic nitrogens is 2. The van der Waals surface area contributed by atoms with Crippen LogP contribution in [0.2, 0.25) is 0 Å². The molecule has 7 heteroatoms. The Morgan fingerprint density at radius 2 is 1.73 bits per heavy atom. The third-order valence-corrected chi connectivity index (χ3v) is 6.58. The molecule has 0 atom stereocenters. The first kappa shape index (κ1) is 24.7. The minimum absolute atomic E-state index is 0.324. The van der Waals surface area contributed by atoms with E-state index < -0.39 is 5.82 Å². The second-order valence-electron chi connectivity index (χ2n) is 9.30. The van der Waals surface area contributed by atoms with Gasteiger partial charge in [-0.15, -0.1) is 0 Å². The first-order chi connectivity index (χ1) is 18.1. The summed E-state index contributed by atoms with van der Waals surface area (Å²) in [5.74, 6) is -0.0281. The molecule has 2 heterocycles. The molecule has 6 nitrogen and oxygen atoms in total. The Balaban J connectivity index is 1.23. The third-order valence-electron chi connectivity index (χ3n) is 6.58. The van der Waals surface area contributed by atoms with Crippen LogP contribution >= 0.6 is 0 Å². The van der Waals surface area contributed by atoms with Crippen molar-refractivity contribution < 1.29 is 13.9 Å². The van der Waals surface area contributed by atoms with E-state index in [-0.39, 0.29) is 5.91 Å². The second kappa shape index (κ2) is 11.8. The highest BCUT2D eigenvalue weighted by Gasteiger charge is 2.14. The van der Waals surface area contributed by atoms with Gasteiger partial charge in [-0.25, -0.2) is 4.39 Å². The predicted octanol–water partition coefficient (Wildman–Crippen LogP) is 5.85. The molecule has 0 saturated carbocycles. The van der Waals surface area contributed by atoms with Gasteiger partial charge in [0.05, 0.1) is 17.9 Å². The van der Waals surface area contributed by atoms with Crippen LogP contribution in [0.4, 0.5) is 10.1 Å². The van der Waals surface area contributed by atoms with Crippen LogP contribution < -0.4 is 10.1 Å². The third kappa shape index (κ3) is 6.62. The van der Waals surface area contributed by atoms with Crippen LogP contribution in [-0.4, -0.2) is 46.8 Å². The number of amides is 1. The van der Waals surface area contributed by atoms with Crippen molar-refractivity contribution in [2.45, 2.75) is 25.8 Å². The standard InChI is InChI=1S/C30H31FN4O2/c31-25-11-14-27(28-15-18-35(33-28)22-23-7-3-1-4-8-23)29(21-25)32-30(36)24-9-12-26(13-10-24)37-20-19-34-16-5-2-6-17-34/h1,3-4,7-15,18,21H,2,5-6,16-17,19-20,22H2,(H,32,36). The number of carbonyl (C=O) groups is 1. The predicted molar refractivity (Wildman–Crippen MR) is 143 cm³/mol. The second-order valence-corrected chi connectivity index (χ2v) is 9.30. The molecule has 190 valence electrons. The maximum atomic E-state index is 14.1. The van der Waals surface area contributed by atoms with E-state index in [0.29, 0.717) is 35.7 Å². The van der Waals surface area contributed by atoms with Crippen molar-refractivity contribution in [3.8, 4) is 17.0 Å². The van der Waals surface area contributed by atoms with Crippen molar-refractivity contribution in [1.82, 2.24) is 14.7 Å². The Morgan fingerprint density at radius 1 is 0.946 bits per heavy atom. The Kier molecular flexibility index (Phi) is 7.91. The first-order valence-electron chi connectivity index (χ1n) is 12.8. The van der Waals surface area contributed by atoms with E-state index in [1.54, 1.807) is 30.3 Å². The molecule has 1 aromatic heterocycles. The van der Waals surface area contributed by atoms with Gasteiger partial charge in [-0.2, -0.15) is 5.10 Å². The van der Waals surface area contributed by atoms with Gasteiger partial charge in [-0.3, -0.25) is 14.4 Å². The zero-order chi connectivity index (χ0) is 25.5. The summed E-state index contributed by atoms with van der Waals surface area (Å²) >= 11 is 0. The molecule has 1 N–H and O–H groups in total. The lowest BCUT2D eigenvalue weighted by atomic mass is 10.1. The van der Waals surface area contributed by atoms with E-state index in [0.717, 1.165) is 30.9 Å². The lowest BCUT2D eigenvalue weighted by molar-refractivity contribution is 0.102. The Labute approximate surface area is 216 Å². The maximum absolute atomic E-state index is 14.1. The summed E-state index contributed by atoms with van der Waals surface area (Å²) in [6.45, 7) is 4.42. The van der Waals surface area contributed by atoms with Crippen LogP contribution in [0, 0.1) is 5.82 Å². The molecule has 1 fully saturated rings. The van der Waals surface area contributed by atoms with E-state index in [9.17, 15) is 9.18 Å². The van der Waals surface area contributed by atoms with Crippen LogP contribution in [0.15, 0.2) is 85.1 Å². The largest absolute Gasteiger partial charge is 0.492 e. The number of anilines is 1. The number of nitrogens with one attached hydrogen (secondary N) is 1. The van der Waals surface area contributed by atoms with Crippen molar-refractivity contribution in [3.63, 3.8) is 0 Å². The molecular formula is C30H31FN4O2. The van der Waals surface area contributed by atoms with E-state index in [1.165, 1.54) is 31.4 Å². The summed E-state index contributed by atoms with van der Waals surface area (Å²) in [5, 5.41) is 7.50. The van der Waals surface area contributed by atoms with Gasteiger partial charge in [-0.1, -0.05) is 36.8 Å². The van der Waals surface area contributed by atoms with Crippen molar-refractivity contribution in [3.05, 3.63) is 102 Å². The van der Waals surface area contributed by atoms with Crippen molar-refractivity contribution in [1.29, 1.82) is 0 Å². The Morgan fingerprint density at radius 3 is 2.51 bits per heavy atom. The summed E-state index contributed by atoms with van der Waals surface area (Å²) in [6, 6.07) is 23.3. The number of rotatable bonds is 9. The van der Waals surface area contributed by atoms with Crippen molar-refractivity contribution in [2.24, 2.45) is 0 Å². The molecule has 0 spiro atoms. The number of ether oxygens (including phenoxy) is 1. The highest BCUT2D eigenvalue weighted by atomic mass is 19.1. The number of nitrogens with zero attached hydrogens (tertiary/aromatic N) is 3. The minimum atomic E-state index is -0.430. The van der Waals surface area contributed by atoms with Gasteiger partial charge < -0.3 is 10.1 Å². The summed E-state index contributed by atoms with van der Waals surface area (Å²) in [5.41, 5.74) is 3.27. The zero-order valence-electron chi connectivity index (χ0n) is 20.8. The number of likely N-dealkylation sites (tertiary alicyclic amines) is 1. The van der Waals surface area contributed by atoms with Gasteiger partial charge in [0.15, 0.2) is 0 Å². The SMILES string of the molecule is O=C(Nc1cc(F)ccc1-c1ccn(Cc2ccccc2)n1)c1ccc(OCCN2CCCCC2)cc1. The fourth-order valence-corrected chi connectivity index (χ4v) is 4.58. The number of hydrogen-bond donors (Lipinski definition) is 1. The molecule has 0 unspecified atom stereocenters. The Bertz CT molecular complexity index is 1320. The van der Waals surface area contributed by atoms with Crippen LogP contribution in [0.5, 0.6) is 5.75 Å². The molecule has 0 bridgehead atoms. The molecule has 4 aromatic rings. The number of benzene rings is 3. The van der Waals surface area contributed by atoms with E-state index >= 15 is 0 Å². The van der Waals surface area contributed by atoms with Crippen LogP contribution in [0.3, 0.4) is 0 Å². The molecule has 1 saturated heterocycles. The quantitative estimate of drug-likeness (QED) is 0.314. The summed E-state index contributed by atoms with van der Waals surface area (Å²) in [4.78, 5) is 15.4. The normalized spacial score (nSPS) is 13.9. The van der Waals surface area contributed by atoms with Crippen molar-refractivity contribution >= 4 is 11.6 Å². The average molecular weight is 499 g/mol. The monoisotopic (exact) mass is 498 g/mol. The van der Waals surface area contributed by atoms with Gasteiger partial charge >= 0.3 is 0 Å². The number of carbonyl (C=O) groups excluding carboxylic acids is 1. The molecule has 3 aromatic carbocycles. The summed E-state index contributed by atoms with van der Waals surface area (Å²) < 4.78 is 21.8. The summed E-state index contributed by atoms with van der Waals surface area (Å²) in [7, 11) is 0. The molecule has 1 amide bonds. The van der Waals surface area contributed by atoms with Gasteiger partial charge in [0.2, 0.25) is 0 Å². The fourth-order valence-electron chi connectivity index (χ4n) is 4.58. The smallest absolute Gasteiger partial charge is 0.255 e. The Hall–Kier alpha value is -3.97. The van der Waals surface area contributed by atoms with E-state index in [4.69, 9.17) is 4.74 Å².